The number of imidazole rings is 1. The number of carbonyl (C=O) groups is 1. The molecule has 1 aromatic carbocycles. The summed E-state index contributed by atoms with van der Waals surface area (Å²) in [5.41, 5.74) is 3.66. The minimum Gasteiger partial charge on any atom is -0.478 e. The lowest BCUT2D eigenvalue weighted by atomic mass is 10.0. The van der Waals surface area contributed by atoms with E-state index in [9.17, 15) is 23.1 Å². The number of hydrogen-bond acceptors (Lipinski definition) is 4. The topological polar surface area (TPSA) is 86.9 Å². The Balaban J connectivity index is 2.06. The third kappa shape index (κ3) is 4.80. The van der Waals surface area contributed by atoms with E-state index in [1.54, 1.807) is 48.0 Å². The van der Waals surface area contributed by atoms with Gasteiger partial charge in [0, 0.05) is 18.3 Å². The van der Waals surface area contributed by atoms with Crippen molar-refractivity contribution in [1.82, 2.24) is 9.38 Å². The molecule has 3 aromatic rings. The summed E-state index contributed by atoms with van der Waals surface area (Å²) in [7, 11) is 0. The molecule has 0 atom stereocenters. The number of anilines is 1. The van der Waals surface area contributed by atoms with Crippen LogP contribution >= 0.6 is 0 Å². The lowest BCUT2D eigenvalue weighted by molar-refractivity contribution is -0.131. The van der Waals surface area contributed by atoms with Crippen LogP contribution in [0.4, 0.5) is 18.9 Å². The van der Waals surface area contributed by atoms with Crippen molar-refractivity contribution in [2.24, 2.45) is 0 Å². The normalized spacial score (nSPS) is 12.0. The Bertz CT molecular complexity index is 1100. The van der Waals surface area contributed by atoms with Gasteiger partial charge in [-0.3, -0.25) is 4.40 Å². The van der Waals surface area contributed by atoms with Crippen LogP contribution in [0.15, 0.2) is 42.7 Å². The van der Waals surface area contributed by atoms with E-state index in [0.717, 1.165) is 5.56 Å². The Morgan fingerprint density at radius 2 is 2.07 bits per heavy atom. The van der Waals surface area contributed by atoms with Crippen LogP contribution in [0.3, 0.4) is 0 Å². The molecular weight excluding hydrogens is 399 g/mol. The predicted octanol–water partition coefficient (Wildman–Crippen LogP) is 4.38. The molecule has 0 radical (unpaired) electrons. The number of pyridine rings is 1. The van der Waals surface area contributed by atoms with Gasteiger partial charge >= 0.3 is 12.1 Å². The zero-order valence-corrected chi connectivity index (χ0v) is 16.1. The molecule has 0 aliphatic rings. The summed E-state index contributed by atoms with van der Waals surface area (Å²) in [6.45, 7) is 1.21. The van der Waals surface area contributed by atoms with Gasteiger partial charge in [-0.1, -0.05) is 18.2 Å². The van der Waals surface area contributed by atoms with Crippen LogP contribution in [-0.4, -0.2) is 44.9 Å². The number of carboxylic acid groups (broad SMARTS) is 1. The molecule has 0 fully saturated rings. The molecule has 2 heterocycles. The number of rotatable bonds is 7. The number of carboxylic acids is 1. The second-order valence-corrected chi connectivity index (χ2v) is 6.74. The first kappa shape index (κ1) is 21.4. The van der Waals surface area contributed by atoms with E-state index in [1.165, 1.54) is 12.1 Å². The molecular formula is C21H20F3N3O3. The first-order valence-corrected chi connectivity index (χ1v) is 9.13. The number of aliphatic hydroxyl groups is 1. The Morgan fingerprint density at radius 1 is 1.30 bits per heavy atom. The van der Waals surface area contributed by atoms with Crippen molar-refractivity contribution in [2.75, 3.05) is 18.5 Å². The third-order valence-electron chi connectivity index (χ3n) is 4.52. The minimum atomic E-state index is -4.28. The summed E-state index contributed by atoms with van der Waals surface area (Å²) in [5, 5.41) is 21.0. The summed E-state index contributed by atoms with van der Waals surface area (Å²) in [6, 6.07) is 6.55. The molecule has 0 spiro atoms. The van der Waals surface area contributed by atoms with E-state index in [1.807, 2.05) is 0 Å². The molecule has 0 unspecified atom stereocenters. The highest BCUT2D eigenvalue weighted by molar-refractivity contribution is 5.90. The van der Waals surface area contributed by atoms with Gasteiger partial charge < -0.3 is 15.5 Å². The highest BCUT2D eigenvalue weighted by Crippen LogP contribution is 2.28. The minimum absolute atomic E-state index is 0.179. The number of aromatic nitrogens is 2. The SMILES string of the molecule is Cc1cc(-c2cnc3c(NCCC(F)(F)F)cc(/C=C\CO)cn23)ccc1C(=O)O. The maximum atomic E-state index is 12.5. The van der Waals surface area contributed by atoms with Crippen molar-refractivity contribution in [1.29, 1.82) is 0 Å². The summed E-state index contributed by atoms with van der Waals surface area (Å²) in [4.78, 5) is 15.6. The van der Waals surface area contributed by atoms with Gasteiger partial charge in [0.15, 0.2) is 5.65 Å². The monoisotopic (exact) mass is 419 g/mol. The number of halogens is 3. The van der Waals surface area contributed by atoms with Crippen molar-refractivity contribution in [3.05, 3.63) is 59.4 Å². The Morgan fingerprint density at radius 3 is 2.70 bits per heavy atom. The van der Waals surface area contributed by atoms with Crippen LogP contribution in [0, 0.1) is 6.92 Å². The number of nitrogens with one attached hydrogen (secondary N) is 1. The fourth-order valence-corrected chi connectivity index (χ4v) is 3.13. The number of aryl methyl sites for hydroxylation is 1. The van der Waals surface area contributed by atoms with Gasteiger partial charge in [-0.15, -0.1) is 0 Å². The van der Waals surface area contributed by atoms with Crippen molar-refractivity contribution < 1.29 is 28.2 Å². The Hall–Kier alpha value is -3.33. The highest BCUT2D eigenvalue weighted by Gasteiger charge is 2.26. The molecule has 3 rings (SSSR count). The molecule has 0 aliphatic heterocycles. The summed E-state index contributed by atoms with van der Waals surface area (Å²) >= 11 is 0. The number of nitrogens with zero attached hydrogens (tertiary/aromatic N) is 2. The molecule has 0 saturated carbocycles. The quantitative estimate of drug-likeness (QED) is 0.529. The number of alkyl halides is 3. The lowest BCUT2D eigenvalue weighted by Gasteiger charge is -2.12. The van der Waals surface area contributed by atoms with Gasteiger partial charge in [0.2, 0.25) is 0 Å². The molecule has 0 bridgehead atoms. The van der Waals surface area contributed by atoms with Gasteiger partial charge in [-0.2, -0.15) is 13.2 Å². The second kappa shape index (κ2) is 8.58. The van der Waals surface area contributed by atoms with Gasteiger partial charge in [0.05, 0.1) is 36.2 Å². The molecule has 2 aromatic heterocycles. The van der Waals surface area contributed by atoms with Gasteiger partial charge in [-0.05, 0) is 36.2 Å². The van der Waals surface area contributed by atoms with E-state index in [-0.39, 0.29) is 18.7 Å². The molecule has 6 nitrogen and oxygen atoms in total. The summed E-state index contributed by atoms with van der Waals surface area (Å²) in [6.07, 6.45) is 1.24. The van der Waals surface area contributed by atoms with Crippen molar-refractivity contribution >= 4 is 23.4 Å². The average Bonchev–Trinajstić information content (AvgIpc) is 3.09. The molecule has 9 heteroatoms. The third-order valence-corrected chi connectivity index (χ3v) is 4.52. The number of benzene rings is 1. The van der Waals surface area contributed by atoms with E-state index < -0.39 is 18.6 Å². The smallest absolute Gasteiger partial charge is 0.390 e. The number of aromatic carboxylic acids is 1. The van der Waals surface area contributed by atoms with Gasteiger partial charge in [0.1, 0.15) is 0 Å². The van der Waals surface area contributed by atoms with Gasteiger partial charge in [0.25, 0.3) is 0 Å². The first-order valence-electron chi connectivity index (χ1n) is 9.13. The van der Waals surface area contributed by atoms with Crippen molar-refractivity contribution in [3.8, 4) is 11.3 Å². The van der Waals surface area contributed by atoms with E-state index in [0.29, 0.717) is 28.2 Å². The lowest BCUT2D eigenvalue weighted by Crippen LogP contribution is -2.15. The van der Waals surface area contributed by atoms with Crippen LogP contribution < -0.4 is 5.32 Å². The molecule has 0 amide bonds. The fourth-order valence-electron chi connectivity index (χ4n) is 3.13. The maximum absolute atomic E-state index is 12.5. The van der Waals surface area contributed by atoms with Crippen molar-refractivity contribution in [3.63, 3.8) is 0 Å². The van der Waals surface area contributed by atoms with Gasteiger partial charge in [-0.25, -0.2) is 9.78 Å². The van der Waals surface area contributed by atoms with Crippen LogP contribution in [0.2, 0.25) is 0 Å². The summed E-state index contributed by atoms with van der Waals surface area (Å²) in [5.74, 6) is -1.02. The fraction of sp³-hybridized carbons (Fsp3) is 0.238. The zero-order chi connectivity index (χ0) is 21.9. The zero-order valence-electron chi connectivity index (χ0n) is 16.1. The largest absolute Gasteiger partial charge is 0.478 e. The van der Waals surface area contributed by atoms with Crippen LogP contribution in [0.25, 0.3) is 23.0 Å². The molecule has 3 N–H and O–H groups in total. The predicted molar refractivity (Wildman–Crippen MR) is 108 cm³/mol. The standard InChI is InChI=1S/C21H20F3N3O3/c1-13-9-15(4-5-16(13)20(29)30)18-11-26-19-17(25-7-6-21(22,23)24)10-14(3-2-8-28)12-27(18)19/h2-5,9-12,25,28H,6-8H2,1H3,(H,29,30)/b3-2-. The second-order valence-electron chi connectivity index (χ2n) is 6.74. The van der Waals surface area contributed by atoms with Crippen LogP contribution in [0.1, 0.15) is 27.9 Å². The first-order chi connectivity index (χ1) is 14.2. The molecule has 158 valence electrons. The molecule has 0 saturated heterocycles. The highest BCUT2D eigenvalue weighted by atomic mass is 19.4. The van der Waals surface area contributed by atoms with Crippen molar-refractivity contribution in [2.45, 2.75) is 19.5 Å². The number of fused-ring (bicyclic) bond motifs is 1. The number of hydrogen-bond donors (Lipinski definition) is 3. The summed E-state index contributed by atoms with van der Waals surface area (Å²) < 4.78 is 39.3. The number of aliphatic hydroxyl groups excluding tert-OH is 1. The van der Waals surface area contributed by atoms with E-state index >= 15 is 0 Å². The van der Waals surface area contributed by atoms with Crippen LogP contribution in [-0.2, 0) is 0 Å². The average molecular weight is 419 g/mol. The molecule has 30 heavy (non-hydrogen) atoms. The Kier molecular flexibility index (Phi) is 6.12. The van der Waals surface area contributed by atoms with E-state index in [4.69, 9.17) is 5.11 Å². The van der Waals surface area contributed by atoms with Crippen LogP contribution in [0.5, 0.6) is 0 Å². The Labute approximate surface area is 170 Å². The maximum Gasteiger partial charge on any atom is 0.390 e. The van der Waals surface area contributed by atoms with E-state index in [2.05, 4.69) is 10.3 Å². The molecule has 0 aliphatic carbocycles.